The predicted octanol–water partition coefficient (Wildman–Crippen LogP) is 1.88. The quantitative estimate of drug-likeness (QED) is 0.626. The van der Waals surface area contributed by atoms with Crippen LogP contribution in [0.2, 0.25) is 0 Å². The van der Waals surface area contributed by atoms with Crippen molar-refractivity contribution in [3.63, 3.8) is 0 Å². The summed E-state index contributed by atoms with van der Waals surface area (Å²) in [5.41, 5.74) is 2.00. The van der Waals surface area contributed by atoms with E-state index in [1.54, 1.807) is 18.4 Å². The molecule has 2 N–H and O–H groups in total. The Bertz CT molecular complexity index is 600. The standard InChI is InChI=1S/C14H13NO3/c16-13-6-10-3-4-15(8-11(10)7-14(13)17)9-12-2-1-5-18-12/h1-2,5-8,17H,3-4,9H2/p+1. The topological polar surface area (TPSA) is 56.6 Å². The molecule has 0 aliphatic carbocycles. The summed E-state index contributed by atoms with van der Waals surface area (Å²) in [6.45, 7) is 1.59. The normalized spacial score (nSPS) is 14.1. The first-order valence-corrected chi connectivity index (χ1v) is 5.88. The molecular formula is C14H14NO3+. The highest BCUT2D eigenvalue weighted by Crippen LogP contribution is 2.29. The van der Waals surface area contributed by atoms with Crippen LogP contribution in [0.15, 0.2) is 34.9 Å². The minimum Gasteiger partial charge on any atom is -0.504 e. The number of rotatable bonds is 2. The lowest BCUT2D eigenvalue weighted by Crippen LogP contribution is -2.22. The van der Waals surface area contributed by atoms with E-state index in [0.717, 1.165) is 29.9 Å². The Morgan fingerprint density at radius 1 is 1.22 bits per heavy atom. The van der Waals surface area contributed by atoms with Crippen LogP contribution in [0.25, 0.3) is 0 Å². The molecule has 0 unspecified atom stereocenters. The van der Waals surface area contributed by atoms with Gasteiger partial charge in [0.05, 0.1) is 6.26 Å². The molecule has 0 atom stereocenters. The van der Waals surface area contributed by atoms with E-state index in [9.17, 15) is 10.2 Å². The molecule has 0 saturated heterocycles. The molecule has 4 nitrogen and oxygen atoms in total. The number of furan rings is 1. The van der Waals surface area contributed by atoms with Gasteiger partial charge in [0.2, 0.25) is 0 Å². The molecule has 0 saturated carbocycles. The molecule has 1 aromatic heterocycles. The molecule has 92 valence electrons. The summed E-state index contributed by atoms with van der Waals surface area (Å²) in [5.74, 6) is 0.782. The zero-order chi connectivity index (χ0) is 12.5. The molecule has 0 bridgehead atoms. The van der Waals surface area contributed by atoms with E-state index in [1.807, 2.05) is 18.3 Å². The van der Waals surface area contributed by atoms with Gasteiger partial charge in [0.1, 0.15) is 6.54 Å². The number of benzene rings is 1. The number of aromatic hydroxyl groups is 2. The van der Waals surface area contributed by atoms with Crippen LogP contribution < -0.4 is 0 Å². The van der Waals surface area contributed by atoms with Crippen molar-refractivity contribution in [2.24, 2.45) is 0 Å². The van der Waals surface area contributed by atoms with Crippen LogP contribution in [-0.2, 0) is 13.0 Å². The maximum atomic E-state index is 9.51. The average molecular weight is 244 g/mol. The number of phenolic OH excluding ortho intramolecular Hbond substituents is 2. The number of hydrogen-bond donors (Lipinski definition) is 2. The Labute approximate surface area is 104 Å². The number of nitrogens with zero attached hydrogens (tertiary/aromatic N) is 1. The zero-order valence-corrected chi connectivity index (χ0v) is 9.84. The lowest BCUT2D eigenvalue weighted by atomic mass is 10.0. The summed E-state index contributed by atoms with van der Waals surface area (Å²) in [4.78, 5) is 0. The van der Waals surface area contributed by atoms with Gasteiger partial charge in [-0.05, 0) is 29.8 Å². The fourth-order valence-electron chi connectivity index (χ4n) is 2.23. The highest BCUT2D eigenvalue weighted by Gasteiger charge is 2.19. The molecule has 1 aromatic carbocycles. The first-order chi connectivity index (χ1) is 8.72. The smallest absolute Gasteiger partial charge is 0.200 e. The van der Waals surface area contributed by atoms with Gasteiger partial charge in [-0.15, -0.1) is 0 Å². The van der Waals surface area contributed by atoms with Gasteiger partial charge in [-0.3, -0.25) is 0 Å². The van der Waals surface area contributed by atoms with Crippen LogP contribution in [0.3, 0.4) is 0 Å². The molecule has 0 amide bonds. The number of phenols is 2. The van der Waals surface area contributed by atoms with Crippen molar-refractivity contribution in [3.8, 4) is 11.5 Å². The first-order valence-electron chi connectivity index (χ1n) is 5.88. The lowest BCUT2D eigenvalue weighted by Gasteiger charge is -2.12. The summed E-state index contributed by atoms with van der Waals surface area (Å²) in [6.07, 6.45) is 4.50. The third kappa shape index (κ3) is 1.97. The minimum absolute atomic E-state index is 0.0540. The summed E-state index contributed by atoms with van der Waals surface area (Å²) in [7, 11) is 0. The molecule has 3 rings (SSSR count). The third-order valence-electron chi connectivity index (χ3n) is 3.17. The van der Waals surface area contributed by atoms with Crippen molar-refractivity contribution in [2.75, 3.05) is 6.54 Å². The fourth-order valence-corrected chi connectivity index (χ4v) is 2.23. The SMILES string of the molecule is Oc1cc2c(cc1O)CC[N+](Cc1ccco1)=C2. The molecule has 1 aliphatic rings. The van der Waals surface area contributed by atoms with Gasteiger partial charge < -0.3 is 14.6 Å². The molecule has 4 heteroatoms. The van der Waals surface area contributed by atoms with Crippen LogP contribution in [0.5, 0.6) is 11.5 Å². The van der Waals surface area contributed by atoms with Crippen LogP contribution in [0.4, 0.5) is 0 Å². The van der Waals surface area contributed by atoms with Gasteiger partial charge in [0.15, 0.2) is 30.0 Å². The van der Waals surface area contributed by atoms with Gasteiger partial charge in [-0.25, -0.2) is 4.58 Å². The molecule has 0 radical (unpaired) electrons. The van der Waals surface area contributed by atoms with E-state index < -0.39 is 0 Å². The number of hydrogen-bond acceptors (Lipinski definition) is 3. The highest BCUT2D eigenvalue weighted by molar-refractivity contribution is 5.80. The van der Waals surface area contributed by atoms with E-state index in [0.29, 0.717) is 6.54 Å². The maximum Gasteiger partial charge on any atom is 0.200 e. The molecule has 0 fully saturated rings. The zero-order valence-electron chi connectivity index (χ0n) is 9.84. The van der Waals surface area contributed by atoms with Gasteiger partial charge in [-0.2, -0.15) is 0 Å². The van der Waals surface area contributed by atoms with Crippen LogP contribution in [0, 0.1) is 0 Å². The first kappa shape index (κ1) is 10.9. The van der Waals surface area contributed by atoms with Gasteiger partial charge in [-0.1, -0.05) is 0 Å². The third-order valence-corrected chi connectivity index (χ3v) is 3.17. The van der Waals surface area contributed by atoms with E-state index in [2.05, 4.69) is 4.58 Å². The van der Waals surface area contributed by atoms with Gasteiger partial charge in [0, 0.05) is 12.0 Å². The lowest BCUT2D eigenvalue weighted by molar-refractivity contribution is -0.542. The Balaban J connectivity index is 1.91. The van der Waals surface area contributed by atoms with Crippen molar-refractivity contribution in [1.29, 1.82) is 0 Å². The summed E-state index contributed by atoms with van der Waals surface area (Å²) in [5, 5.41) is 19.0. The monoisotopic (exact) mass is 244 g/mol. The average Bonchev–Trinajstić information content (AvgIpc) is 2.84. The van der Waals surface area contributed by atoms with E-state index in [4.69, 9.17) is 4.42 Å². The van der Waals surface area contributed by atoms with Crippen molar-refractivity contribution in [2.45, 2.75) is 13.0 Å². The summed E-state index contributed by atoms with van der Waals surface area (Å²) >= 11 is 0. The summed E-state index contributed by atoms with van der Waals surface area (Å²) in [6, 6.07) is 7.04. The van der Waals surface area contributed by atoms with Crippen LogP contribution in [0.1, 0.15) is 16.9 Å². The maximum absolute atomic E-state index is 9.51. The Morgan fingerprint density at radius 3 is 2.83 bits per heavy atom. The van der Waals surface area contributed by atoms with Crippen LogP contribution >= 0.6 is 0 Å². The van der Waals surface area contributed by atoms with Crippen molar-refractivity contribution < 1.29 is 19.2 Å². The van der Waals surface area contributed by atoms with Gasteiger partial charge in [0.25, 0.3) is 0 Å². The van der Waals surface area contributed by atoms with E-state index >= 15 is 0 Å². The summed E-state index contributed by atoms with van der Waals surface area (Å²) < 4.78 is 7.45. The molecule has 2 heterocycles. The number of fused-ring (bicyclic) bond motifs is 1. The largest absolute Gasteiger partial charge is 0.504 e. The van der Waals surface area contributed by atoms with E-state index in [1.165, 1.54) is 0 Å². The van der Waals surface area contributed by atoms with Crippen LogP contribution in [-0.4, -0.2) is 27.5 Å². The van der Waals surface area contributed by atoms with Crippen molar-refractivity contribution in [3.05, 3.63) is 47.4 Å². The molecule has 18 heavy (non-hydrogen) atoms. The second-order valence-corrected chi connectivity index (χ2v) is 4.47. The minimum atomic E-state index is -0.0788. The fraction of sp³-hybridized carbons (Fsp3) is 0.214. The van der Waals surface area contributed by atoms with Crippen molar-refractivity contribution in [1.82, 2.24) is 0 Å². The Kier molecular flexibility index (Phi) is 2.55. The van der Waals surface area contributed by atoms with Crippen molar-refractivity contribution >= 4 is 6.21 Å². The molecule has 2 aromatic rings. The highest BCUT2D eigenvalue weighted by atomic mass is 16.3. The Morgan fingerprint density at radius 2 is 2.06 bits per heavy atom. The molecular weight excluding hydrogens is 230 g/mol. The second kappa shape index (κ2) is 4.22. The molecule has 0 spiro atoms. The van der Waals surface area contributed by atoms with E-state index in [-0.39, 0.29) is 11.5 Å². The van der Waals surface area contributed by atoms with Gasteiger partial charge >= 0.3 is 0 Å². The second-order valence-electron chi connectivity index (χ2n) is 4.47. The molecule has 1 aliphatic heterocycles. The predicted molar refractivity (Wildman–Crippen MR) is 66.2 cm³/mol. The Hall–Kier alpha value is -2.23.